The van der Waals surface area contributed by atoms with E-state index in [-0.39, 0.29) is 5.91 Å². The van der Waals surface area contributed by atoms with E-state index >= 15 is 0 Å². The molecule has 3 N–H and O–H groups in total. The third kappa shape index (κ3) is 4.44. The van der Waals surface area contributed by atoms with Crippen molar-refractivity contribution in [3.8, 4) is 5.75 Å². The molecular weight excluding hydrogens is 266 g/mol. The summed E-state index contributed by atoms with van der Waals surface area (Å²) >= 11 is 0. The van der Waals surface area contributed by atoms with Crippen molar-refractivity contribution >= 4 is 5.91 Å². The normalized spacial score (nSPS) is 19.0. The lowest BCUT2D eigenvalue weighted by Gasteiger charge is -2.18. The lowest BCUT2D eigenvalue weighted by molar-refractivity contribution is 0.0953. The molecule has 0 spiro atoms. The fraction of sp³-hybridized carbons (Fsp3) is 0.562. The van der Waals surface area contributed by atoms with Crippen LogP contribution in [-0.4, -0.2) is 37.0 Å². The van der Waals surface area contributed by atoms with E-state index in [1.54, 1.807) is 24.3 Å². The predicted octanol–water partition coefficient (Wildman–Crippen LogP) is 1.65. The standard InChI is InChI=1S/C16H25N3O2/c1-12(2)14-7-8-19(11-14)9-10-21-15-5-3-13(4-6-15)16(20)18-17/h3-6,12,14H,7-11,17H2,1-2H3,(H,18,20). The van der Waals surface area contributed by atoms with Gasteiger partial charge in [-0.3, -0.25) is 15.1 Å². The molecule has 2 rings (SSSR count). The first-order valence-corrected chi connectivity index (χ1v) is 7.56. The first kappa shape index (κ1) is 15.8. The Bertz CT molecular complexity index is 459. The van der Waals surface area contributed by atoms with Gasteiger partial charge in [0.15, 0.2) is 0 Å². The number of hydrogen-bond acceptors (Lipinski definition) is 4. The van der Waals surface area contributed by atoms with Gasteiger partial charge in [-0.05, 0) is 49.1 Å². The topological polar surface area (TPSA) is 67.6 Å². The van der Waals surface area contributed by atoms with Gasteiger partial charge in [-0.2, -0.15) is 0 Å². The number of amides is 1. The number of likely N-dealkylation sites (tertiary alicyclic amines) is 1. The van der Waals surface area contributed by atoms with Crippen molar-refractivity contribution in [3.05, 3.63) is 29.8 Å². The monoisotopic (exact) mass is 291 g/mol. The molecular formula is C16H25N3O2. The summed E-state index contributed by atoms with van der Waals surface area (Å²) in [5, 5.41) is 0. The van der Waals surface area contributed by atoms with Gasteiger partial charge in [-0.15, -0.1) is 0 Å². The second-order valence-corrected chi connectivity index (χ2v) is 5.94. The number of ether oxygens (including phenoxy) is 1. The number of hydrazine groups is 1. The van der Waals surface area contributed by atoms with Gasteiger partial charge in [0.05, 0.1) is 0 Å². The van der Waals surface area contributed by atoms with Crippen LogP contribution in [0.1, 0.15) is 30.6 Å². The zero-order valence-corrected chi connectivity index (χ0v) is 12.8. The molecule has 0 aliphatic carbocycles. The van der Waals surface area contributed by atoms with Crippen molar-refractivity contribution < 1.29 is 9.53 Å². The minimum absolute atomic E-state index is 0.293. The van der Waals surface area contributed by atoms with Crippen molar-refractivity contribution in [2.75, 3.05) is 26.2 Å². The summed E-state index contributed by atoms with van der Waals surface area (Å²) in [6.45, 7) is 8.56. The first-order valence-electron chi connectivity index (χ1n) is 7.56. The Labute approximate surface area is 126 Å². The average molecular weight is 291 g/mol. The zero-order chi connectivity index (χ0) is 15.2. The van der Waals surface area contributed by atoms with Gasteiger partial charge in [0.2, 0.25) is 0 Å². The van der Waals surface area contributed by atoms with Crippen LogP contribution in [0.25, 0.3) is 0 Å². The number of carbonyl (C=O) groups is 1. The van der Waals surface area contributed by atoms with Gasteiger partial charge in [0.1, 0.15) is 12.4 Å². The predicted molar refractivity (Wildman–Crippen MR) is 83.0 cm³/mol. The largest absolute Gasteiger partial charge is 0.492 e. The van der Waals surface area contributed by atoms with Crippen LogP contribution in [0.2, 0.25) is 0 Å². The number of nitrogens with one attached hydrogen (secondary N) is 1. The molecule has 1 aliphatic rings. The van der Waals surface area contributed by atoms with Gasteiger partial charge in [0.25, 0.3) is 5.91 Å². The highest BCUT2D eigenvalue weighted by Crippen LogP contribution is 2.23. The molecule has 1 heterocycles. The Morgan fingerprint density at radius 2 is 2.14 bits per heavy atom. The quantitative estimate of drug-likeness (QED) is 0.475. The third-order valence-electron chi connectivity index (χ3n) is 4.18. The van der Waals surface area contributed by atoms with E-state index in [0.717, 1.165) is 24.1 Å². The molecule has 1 aromatic carbocycles. The molecule has 1 aromatic rings. The molecule has 1 unspecified atom stereocenters. The fourth-order valence-corrected chi connectivity index (χ4v) is 2.69. The SMILES string of the molecule is CC(C)C1CCN(CCOc2ccc(C(=O)NN)cc2)C1. The zero-order valence-electron chi connectivity index (χ0n) is 12.8. The molecule has 0 aromatic heterocycles. The van der Waals surface area contributed by atoms with E-state index in [0.29, 0.717) is 12.2 Å². The fourth-order valence-electron chi connectivity index (χ4n) is 2.69. The Morgan fingerprint density at radius 3 is 2.71 bits per heavy atom. The number of nitrogen functional groups attached to an aromatic ring is 1. The molecule has 5 heteroatoms. The van der Waals surface area contributed by atoms with E-state index in [1.807, 2.05) is 0 Å². The van der Waals surface area contributed by atoms with Gasteiger partial charge < -0.3 is 4.74 Å². The number of rotatable bonds is 6. The average Bonchev–Trinajstić information content (AvgIpc) is 2.96. The Balaban J connectivity index is 1.73. The van der Waals surface area contributed by atoms with Crippen LogP contribution in [0.15, 0.2) is 24.3 Å². The molecule has 0 radical (unpaired) electrons. The molecule has 1 fully saturated rings. The number of nitrogens with zero attached hydrogens (tertiary/aromatic N) is 1. The first-order chi connectivity index (χ1) is 10.1. The van der Waals surface area contributed by atoms with Crippen molar-refractivity contribution in [2.24, 2.45) is 17.7 Å². The van der Waals surface area contributed by atoms with Crippen LogP contribution in [-0.2, 0) is 0 Å². The van der Waals surface area contributed by atoms with E-state index < -0.39 is 0 Å². The van der Waals surface area contributed by atoms with Gasteiger partial charge in [0, 0.05) is 18.7 Å². The van der Waals surface area contributed by atoms with Gasteiger partial charge in [-0.1, -0.05) is 13.8 Å². The number of benzene rings is 1. The molecule has 1 aliphatic heterocycles. The lowest BCUT2D eigenvalue weighted by Crippen LogP contribution is -2.29. The second kappa shape index (κ2) is 7.43. The number of carbonyl (C=O) groups excluding carboxylic acids is 1. The Morgan fingerprint density at radius 1 is 1.43 bits per heavy atom. The molecule has 0 saturated carbocycles. The van der Waals surface area contributed by atoms with Crippen LogP contribution in [0.4, 0.5) is 0 Å². The van der Waals surface area contributed by atoms with E-state index in [9.17, 15) is 4.79 Å². The van der Waals surface area contributed by atoms with Crippen molar-refractivity contribution in [3.63, 3.8) is 0 Å². The molecule has 116 valence electrons. The molecule has 1 atom stereocenters. The van der Waals surface area contributed by atoms with E-state index in [1.165, 1.54) is 19.5 Å². The molecule has 1 saturated heterocycles. The third-order valence-corrected chi connectivity index (χ3v) is 4.18. The Hall–Kier alpha value is -1.59. The van der Waals surface area contributed by atoms with Crippen LogP contribution in [0.5, 0.6) is 5.75 Å². The summed E-state index contributed by atoms with van der Waals surface area (Å²) in [5.41, 5.74) is 2.64. The molecule has 0 bridgehead atoms. The van der Waals surface area contributed by atoms with Crippen molar-refractivity contribution in [1.82, 2.24) is 10.3 Å². The van der Waals surface area contributed by atoms with E-state index in [4.69, 9.17) is 10.6 Å². The highest BCUT2D eigenvalue weighted by molar-refractivity contribution is 5.93. The molecule has 21 heavy (non-hydrogen) atoms. The smallest absolute Gasteiger partial charge is 0.265 e. The highest BCUT2D eigenvalue weighted by atomic mass is 16.5. The summed E-state index contributed by atoms with van der Waals surface area (Å²) in [7, 11) is 0. The van der Waals surface area contributed by atoms with Crippen LogP contribution in [0.3, 0.4) is 0 Å². The van der Waals surface area contributed by atoms with E-state index in [2.05, 4.69) is 24.2 Å². The summed E-state index contributed by atoms with van der Waals surface area (Å²) in [4.78, 5) is 13.8. The highest BCUT2D eigenvalue weighted by Gasteiger charge is 2.24. The number of nitrogens with two attached hydrogens (primary N) is 1. The second-order valence-electron chi connectivity index (χ2n) is 5.94. The minimum atomic E-state index is -0.293. The maximum absolute atomic E-state index is 11.3. The van der Waals surface area contributed by atoms with Crippen LogP contribution < -0.4 is 16.0 Å². The summed E-state index contributed by atoms with van der Waals surface area (Å²) in [5.74, 6) is 7.16. The van der Waals surface area contributed by atoms with Crippen molar-refractivity contribution in [1.29, 1.82) is 0 Å². The van der Waals surface area contributed by atoms with Crippen LogP contribution >= 0.6 is 0 Å². The maximum atomic E-state index is 11.3. The minimum Gasteiger partial charge on any atom is -0.492 e. The van der Waals surface area contributed by atoms with Gasteiger partial charge >= 0.3 is 0 Å². The molecule has 5 nitrogen and oxygen atoms in total. The van der Waals surface area contributed by atoms with Crippen LogP contribution in [0, 0.1) is 11.8 Å². The number of hydrogen-bond donors (Lipinski definition) is 2. The molecule has 1 amide bonds. The van der Waals surface area contributed by atoms with Gasteiger partial charge in [-0.25, -0.2) is 5.84 Å². The maximum Gasteiger partial charge on any atom is 0.265 e. The van der Waals surface area contributed by atoms with Crippen molar-refractivity contribution in [2.45, 2.75) is 20.3 Å². The summed E-state index contributed by atoms with van der Waals surface area (Å²) in [6, 6.07) is 7.02. The lowest BCUT2D eigenvalue weighted by atomic mass is 9.95. The summed E-state index contributed by atoms with van der Waals surface area (Å²) in [6.07, 6.45) is 1.29. The Kier molecular flexibility index (Phi) is 5.59. The summed E-state index contributed by atoms with van der Waals surface area (Å²) < 4.78 is 5.73.